The standard InChI is InChI=1S/C14H10O4S2/c15-3-1-9(14(16)17)12-5-8(7-20-12)10-6-18-11-2-4-19-13(10)11/h2-7,9H,1H2,(H,16,17). The molecule has 0 aliphatic carbocycles. The molecule has 3 rings (SSSR count). The third-order valence-electron chi connectivity index (χ3n) is 3.08. The summed E-state index contributed by atoms with van der Waals surface area (Å²) in [5.41, 5.74) is 2.73. The first kappa shape index (κ1) is 13.1. The van der Waals surface area contributed by atoms with Crippen LogP contribution in [0.4, 0.5) is 0 Å². The molecule has 0 aliphatic heterocycles. The van der Waals surface area contributed by atoms with E-state index in [1.165, 1.54) is 11.3 Å². The second kappa shape index (κ2) is 5.22. The largest absolute Gasteiger partial charge is 0.481 e. The van der Waals surface area contributed by atoms with Gasteiger partial charge in [0.1, 0.15) is 18.1 Å². The number of fused-ring (bicyclic) bond motifs is 1. The Morgan fingerprint density at radius 1 is 1.45 bits per heavy atom. The summed E-state index contributed by atoms with van der Waals surface area (Å²) in [6.07, 6.45) is 2.32. The molecule has 0 spiro atoms. The minimum absolute atomic E-state index is 0.00487. The third kappa shape index (κ3) is 2.17. The van der Waals surface area contributed by atoms with Crippen LogP contribution in [0.1, 0.15) is 17.2 Å². The van der Waals surface area contributed by atoms with Crippen molar-refractivity contribution in [1.82, 2.24) is 0 Å². The Labute approximate surface area is 122 Å². The van der Waals surface area contributed by atoms with Crippen LogP contribution in [0.5, 0.6) is 0 Å². The zero-order chi connectivity index (χ0) is 14.1. The van der Waals surface area contributed by atoms with Gasteiger partial charge in [-0.25, -0.2) is 0 Å². The molecule has 0 saturated heterocycles. The van der Waals surface area contributed by atoms with Crippen LogP contribution >= 0.6 is 22.7 Å². The number of carboxylic acid groups (broad SMARTS) is 1. The number of aldehydes is 1. The van der Waals surface area contributed by atoms with Gasteiger partial charge in [-0.3, -0.25) is 4.79 Å². The molecular formula is C14H10O4S2. The fourth-order valence-corrected chi connectivity index (χ4v) is 3.94. The SMILES string of the molecule is O=CCC(C(=O)O)c1cc(-c2coc3ccsc23)cs1. The maximum atomic E-state index is 11.2. The molecule has 102 valence electrons. The van der Waals surface area contributed by atoms with E-state index in [4.69, 9.17) is 9.52 Å². The van der Waals surface area contributed by atoms with Crippen LogP contribution in [0.15, 0.2) is 33.6 Å². The molecule has 1 unspecified atom stereocenters. The summed E-state index contributed by atoms with van der Waals surface area (Å²) >= 11 is 2.95. The Hall–Kier alpha value is -1.92. The highest BCUT2D eigenvalue weighted by Gasteiger charge is 2.22. The smallest absolute Gasteiger partial charge is 0.312 e. The normalized spacial score (nSPS) is 12.6. The van der Waals surface area contributed by atoms with E-state index in [9.17, 15) is 9.59 Å². The number of hydrogen-bond donors (Lipinski definition) is 1. The molecule has 0 aliphatic rings. The highest BCUT2D eigenvalue weighted by atomic mass is 32.1. The van der Waals surface area contributed by atoms with Crippen molar-refractivity contribution in [2.45, 2.75) is 12.3 Å². The van der Waals surface area contributed by atoms with Crippen LogP contribution < -0.4 is 0 Å². The molecule has 0 radical (unpaired) electrons. The first-order chi connectivity index (χ1) is 9.70. The predicted octanol–water partition coefficient (Wildman–Crippen LogP) is 3.98. The average Bonchev–Trinajstić information content (AvgIpc) is 3.10. The summed E-state index contributed by atoms with van der Waals surface area (Å²) in [6, 6.07) is 3.74. The van der Waals surface area contributed by atoms with Crippen molar-refractivity contribution in [1.29, 1.82) is 0 Å². The maximum Gasteiger partial charge on any atom is 0.312 e. The molecule has 0 aromatic carbocycles. The van der Waals surface area contributed by atoms with E-state index in [-0.39, 0.29) is 6.42 Å². The average molecular weight is 306 g/mol. The first-order valence-corrected chi connectivity index (χ1v) is 7.66. The number of carboxylic acids is 1. The molecule has 0 bridgehead atoms. The lowest BCUT2D eigenvalue weighted by molar-refractivity contribution is -0.139. The van der Waals surface area contributed by atoms with Crippen molar-refractivity contribution in [2.75, 3.05) is 0 Å². The number of hydrogen-bond acceptors (Lipinski definition) is 5. The van der Waals surface area contributed by atoms with E-state index >= 15 is 0 Å². The summed E-state index contributed by atoms with van der Waals surface area (Å²) < 4.78 is 6.50. The van der Waals surface area contributed by atoms with Gasteiger partial charge in [0.2, 0.25) is 0 Å². The molecule has 0 fully saturated rings. The quantitative estimate of drug-likeness (QED) is 0.724. The van der Waals surface area contributed by atoms with Crippen LogP contribution in [0.3, 0.4) is 0 Å². The number of carbonyl (C=O) groups is 2. The van der Waals surface area contributed by atoms with E-state index in [0.717, 1.165) is 21.4 Å². The second-order valence-electron chi connectivity index (χ2n) is 4.29. The molecule has 3 heterocycles. The number of carbonyl (C=O) groups excluding carboxylic acids is 1. The van der Waals surface area contributed by atoms with Crippen molar-refractivity contribution in [3.63, 3.8) is 0 Å². The molecule has 0 amide bonds. The van der Waals surface area contributed by atoms with Gasteiger partial charge in [-0.2, -0.15) is 0 Å². The number of aliphatic carboxylic acids is 1. The predicted molar refractivity (Wildman–Crippen MR) is 78.5 cm³/mol. The minimum atomic E-state index is -0.973. The van der Waals surface area contributed by atoms with Crippen LogP contribution in [0.25, 0.3) is 21.4 Å². The highest BCUT2D eigenvalue weighted by Crippen LogP contribution is 2.38. The molecule has 0 saturated carbocycles. The van der Waals surface area contributed by atoms with Crippen molar-refractivity contribution in [2.24, 2.45) is 0 Å². The van der Waals surface area contributed by atoms with Gasteiger partial charge in [-0.05, 0) is 28.5 Å². The van der Waals surface area contributed by atoms with Gasteiger partial charge < -0.3 is 14.3 Å². The van der Waals surface area contributed by atoms with Crippen LogP contribution in [-0.2, 0) is 9.59 Å². The van der Waals surface area contributed by atoms with Crippen molar-refractivity contribution in [3.05, 3.63) is 34.0 Å². The molecular weight excluding hydrogens is 296 g/mol. The summed E-state index contributed by atoms with van der Waals surface area (Å²) in [6.45, 7) is 0. The zero-order valence-corrected chi connectivity index (χ0v) is 11.9. The summed E-state index contributed by atoms with van der Waals surface area (Å²) in [5.74, 6) is -1.74. The van der Waals surface area contributed by atoms with Crippen LogP contribution in [-0.4, -0.2) is 17.4 Å². The Morgan fingerprint density at radius 2 is 2.30 bits per heavy atom. The fourth-order valence-electron chi connectivity index (χ4n) is 2.07. The van der Waals surface area contributed by atoms with Gasteiger partial charge in [0.15, 0.2) is 0 Å². The maximum absolute atomic E-state index is 11.2. The molecule has 1 N–H and O–H groups in total. The lowest BCUT2D eigenvalue weighted by Gasteiger charge is -2.04. The van der Waals surface area contributed by atoms with E-state index in [1.54, 1.807) is 17.6 Å². The molecule has 6 heteroatoms. The Balaban J connectivity index is 1.99. The number of furan rings is 1. The van der Waals surface area contributed by atoms with Gasteiger partial charge in [-0.15, -0.1) is 22.7 Å². The van der Waals surface area contributed by atoms with E-state index in [0.29, 0.717) is 11.2 Å². The van der Waals surface area contributed by atoms with Crippen LogP contribution in [0, 0.1) is 0 Å². The first-order valence-electron chi connectivity index (χ1n) is 5.90. The van der Waals surface area contributed by atoms with E-state index in [1.807, 2.05) is 22.9 Å². The molecule has 20 heavy (non-hydrogen) atoms. The topological polar surface area (TPSA) is 67.5 Å². The molecule has 1 atom stereocenters. The van der Waals surface area contributed by atoms with Gasteiger partial charge >= 0.3 is 5.97 Å². The van der Waals surface area contributed by atoms with Crippen molar-refractivity contribution in [3.8, 4) is 11.1 Å². The summed E-state index contributed by atoms with van der Waals surface area (Å²) in [7, 11) is 0. The zero-order valence-electron chi connectivity index (χ0n) is 10.2. The van der Waals surface area contributed by atoms with Gasteiger partial charge in [0, 0.05) is 16.9 Å². The van der Waals surface area contributed by atoms with Crippen molar-refractivity contribution < 1.29 is 19.1 Å². The Kier molecular flexibility index (Phi) is 3.42. The Bertz CT molecular complexity index is 765. The van der Waals surface area contributed by atoms with E-state index in [2.05, 4.69) is 0 Å². The van der Waals surface area contributed by atoms with E-state index < -0.39 is 11.9 Å². The summed E-state index contributed by atoms with van der Waals surface area (Å²) in [5, 5.41) is 13.0. The minimum Gasteiger partial charge on any atom is -0.481 e. The number of thiophene rings is 2. The second-order valence-corrected chi connectivity index (χ2v) is 6.15. The highest BCUT2D eigenvalue weighted by molar-refractivity contribution is 7.17. The molecule has 3 aromatic rings. The van der Waals surface area contributed by atoms with Gasteiger partial charge in [0.25, 0.3) is 0 Å². The third-order valence-corrected chi connectivity index (χ3v) is 5.06. The number of rotatable bonds is 5. The van der Waals surface area contributed by atoms with Gasteiger partial charge in [0.05, 0.1) is 10.6 Å². The lowest BCUT2D eigenvalue weighted by Crippen LogP contribution is -2.10. The monoisotopic (exact) mass is 306 g/mol. The van der Waals surface area contributed by atoms with Crippen molar-refractivity contribution >= 4 is 45.2 Å². The summed E-state index contributed by atoms with van der Waals surface area (Å²) in [4.78, 5) is 22.5. The lowest BCUT2D eigenvalue weighted by atomic mass is 10.0. The van der Waals surface area contributed by atoms with Gasteiger partial charge in [-0.1, -0.05) is 0 Å². The van der Waals surface area contributed by atoms with Crippen LogP contribution in [0.2, 0.25) is 0 Å². The Morgan fingerprint density at radius 3 is 3.05 bits per heavy atom. The molecule has 3 aromatic heterocycles. The molecule has 4 nitrogen and oxygen atoms in total. The fraction of sp³-hybridized carbons (Fsp3) is 0.143.